The molecule has 1 fully saturated rings. The van der Waals surface area contributed by atoms with E-state index in [4.69, 9.17) is 13.6 Å². The topological polar surface area (TPSA) is 128 Å². The van der Waals surface area contributed by atoms with Gasteiger partial charge in [-0.25, -0.2) is 8.42 Å². The third kappa shape index (κ3) is 5.21. The highest BCUT2D eigenvalue weighted by Crippen LogP contribution is 2.28. The van der Waals surface area contributed by atoms with E-state index in [-0.39, 0.29) is 28.5 Å². The molecule has 10 nitrogen and oxygen atoms in total. The summed E-state index contributed by atoms with van der Waals surface area (Å²) in [6.07, 6.45) is 1.54. The van der Waals surface area contributed by atoms with Crippen molar-refractivity contribution >= 4 is 27.7 Å². The molecule has 0 bridgehead atoms. The molecule has 0 spiro atoms. The monoisotopic (exact) mass is 478 g/mol. The van der Waals surface area contributed by atoms with Crippen LogP contribution in [-0.4, -0.2) is 60.4 Å². The summed E-state index contributed by atoms with van der Waals surface area (Å²) in [4.78, 5) is 12.4. The molecule has 32 heavy (non-hydrogen) atoms. The minimum absolute atomic E-state index is 0.148. The highest BCUT2D eigenvalue weighted by Gasteiger charge is 2.27. The van der Waals surface area contributed by atoms with Gasteiger partial charge in [-0.15, -0.1) is 10.2 Å². The fourth-order valence-corrected chi connectivity index (χ4v) is 5.20. The fraction of sp³-hybridized carbons (Fsp3) is 0.350. The Kier molecular flexibility index (Phi) is 6.94. The highest BCUT2D eigenvalue weighted by atomic mass is 32.2. The summed E-state index contributed by atoms with van der Waals surface area (Å²) in [5.41, 5.74) is 0.480. The van der Waals surface area contributed by atoms with Crippen molar-refractivity contribution in [2.75, 3.05) is 26.3 Å². The average Bonchev–Trinajstić information content (AvgIpc) is 3.50. The van der Waals surface area contributed by atoms with Crippen LogP contribution < -0.4 is 5.32 Å². The van der Waals surface area contributed by atoms with Crippen molar-refractivity contribution in [1.29, 1.82) is 0 Å². The normalized spacial score (nSPS) is 16.0. The van der Waals surface area contributed by atoms with Crippen molar-refractivity contribution < 1.29 is 26.8 Å². The molecule has 0 radical (unpaired) electrons. The van der Waals surface area contributed by atoms with Crippen molar-refractivity contribution in [2.24, 2.45) is 0 Å². The summed E-state index contributed by atoms with van der Waals surface area (Å²) < 4.78 is 43.3. The van der Waals surface area contributed by atoms with E-state index in [2.05, 4.69) is 15.5 Å². The van der Waals surface area contributed by atoms with Gasteiger partial charge in [0.1, 0.15) is 5.76 Å². The van der Waals surface area contributed by atoms with E-state index in [0.29, 0.717) is 37.6 Å². The molecule has 1 N–H and O–H groups in total. The lowest BCUT2D eigenvalue weighted by Gasteiger charge is -2.26. The molecule has 1 atom stereocenters. The Morgan fingerprint density at radius 2 is 2.03 bits per heavy atom. The van der Waals surface area contributed by atoms with Crippen LogP contribution in [0.5, 0.6) is 0 Å². The second kappa shape index (κ2) is 9.86. The number of furan rings is 1. The van der Waals surface area contributed by atoms with E-state index in [1.807, 2.05) is 0 Å². The van der Waals surface area contributed by atoms with Crippen molar-refractivity contribution in [1.82, 2.24) is 19.8 Å². The van der Waals surface area contributed by atoms with Crippen LogP contribution >= 0.6 is 11.8 Å². The van der Waals surface area contributed by atoms with Crippen molar-refractivity contribution in [3.8, 4) is 11.5 Å². The molecule has 4 rings (SSSR count). The van der Waals surface area contributed by atoms with Crippen LogP contribution in [0.3, 0.4) is 0 Å². The van der Waals surface area contributed by atoms with E-state index in [1.54, 1.807) is 37.5 Å². The number of sulfonamides is 1. The number of ether oxygens (including phenoxy) is 1. The summed E-state index contributed by atoms with van der Waals surface area (Å²) in [5.74, 6) is 0.627. The van der Waals surface area contributed by atoms with Crippen LogP contribution in [0.15, 0.2) is 61.6 Å². The van der Waals surface area contributed by atoms with Crippen LogP contribution in [-0.2, 0) is 26.1 Å². The summed E-state index contributed by atoms with van der Waals surface area (Å²) in [5, 5.41) is 10.5. The van der Waals surface area contributed by atoms with Crippen LogP contribution in [0.1, 0.15) is 12.7 Å². The van der Waals surface area contributed by atoms with Crippen LogP contribution in [0, 0.1) is 0 Å². The minimum Gasteiger partial charge on any atom is -0.467 e. The Hall–Kier alpha value is -2.67. The molecule has 2 aromatic heterocycles. The first-order valence-electron chi connectivity index (χ1n) is 9.92. The maximum Gasteiger partial charge on any atom is 0.277 e. The number of thioether (sulfide) groups is 1. The standard InChI is InChI=1S/C20H22N4O6S2/c1-14(18(25)21-13-16-5-3-9-29-16)31-20-23-22-19(30-20)15-4-2-6-17(12-15)32(26,27)24-7-10-28-11-8-24/h2-6,9,12,14H,7-8,10-11,13H2,1H3,(H,21,25)/t14-/m1/s1. The quantitative estimate of drug-likeness (QED) is 0.484. The number of carbonyl (C=O) groups is 1. The Labute approximate surface area is 189 Å². The van der Waals surface area contributed by atoms with E-state index in [1.165, 1.54) is 16.4 Å². The lowest BCUT2D eigenvalue weighted by molar-refractivity contribution is -0.120. The first-order valence-corrected chi connectivity index (χ1v) is 12.2. The van der Waals surface area contributed by atoms with Gasteiger partial charge in [0.25, 0.3) is 5.22 Å². The van der Waals surface area contributed by atoms with E-state index < -0.39 is 15.3 Å². The Bertz CT molecular complexity index is 1160. The predicted octanol–water partition coefficient (Wildman–Crippen LogP) is 2.15. The van der Waals surface area contributed by atoms with Gasteiger partial charge < -0.3 is 18.9 Å². The Morgan fingerprint density at radius 3 is 2.78 bits per heavy atom. The number of morpholine rings is 1. The largest absolute Gasteiger partial charge is 0.467 e. The maximum atomic E-state index is 12.9. The molecule has 12 heteroatoms. The highest BCUT2D eigenvalue weighted by molar-refractivity contribution is 8.00. The van der Waals surface area contributed by atoms with Gasteiger partial charge in [0.05, 0.1) is 36.2 Å². The molecule has 3 aromatic rings. The molecule has 1 amide bonds. The zero-order valence-corrected chi connectivity index (χ0v) is 18.9. The number of hydrogen-bond donors (Lipinski definition) is 1. The second-order valence-electron chi connectivity index (χ2n) is 6.97. The van der Waals surface area contributed by atoms with E-state index in [9.17, 15) is 13.2 Å². The van der Waals surface area contributed by atoms with Crippen molar-refractivity contribution in [2.45, 2.75) is 28.8 Å². The summed E-state index contributed by atoms with van der Waals surface area (Å²) >= 11 is 1.11. The number of benzene rings is 1. The van der Waals surface area contributed by atoms with Gasteiger partial charge in [0.2, 0.25) is 21.8 Å². The molecule has 0 saturated carbocycles. The van der Waals surface area contributed by atoms with Gasteiger partial charge in [-0.1, -0.05) is 17.8 Å². The summed E-state index contributed by atoms with van der Waals surface area (Å²) in [6, 6.07) is 9.89. The lowest BCUT2D eigenvalue weighted by atomic mass is 10.2. The van der Waals surface area contributed by atoms with E-state index >= 15 is 0 Å². The smallest absolute Gasteiger partial charge is 0.277 e. The number of nitrogens with zero attached hydrogens (tertiary/aromatic N) is 3. The maximum absolute atomic E-state index is 12.9. The van der Waals surface area contributed by atoms with Gasteiger partial charge in [-0.2, -0.15) is 4.31 Å². The number of amides is 1. The SMILES string of the molecule is C[C@@H](Sc1nnc(-c2cccc(S(=O)(=O)N3CCOCC3)c2)o1)C(=O)NCc1ccco1. The molecule has 1 aromatic carbocycles. The Morgan fingerprint density at radius 1 is 1.22 bits per heavy atom. The van der Waals surface area contributed by atoms with Gasteiger partial charge in [0, 0.05) is 18.7 Å². The average molecular weight is 479 g/mol. The zero-order valence-electron chi connectivity index (χ0n) is 17.3. The van der Waals surface area contributed by atoms with Crippen molar-refractivity contribution in [3.63, 3.8) is 0 Å². The van der Waals surface area contributed by atoms with Gasteiger partial charge in [0.15, 0.2) is 0 Å². The zero-order chi connectivity index (χ0) is 22.6. The molecule has 1 saturated heterocycles. The molecule has 1 aliphatic heterocycles. The minimum atomic E-state index is -3.64. The van der Waals surface area contributed by atoms with Crippen LogP contribution in [0.4, 0.5) is 0 Å². The lowest BCUT2D eigenvalue weighted by Crippen LogP contribution is -2.40. The van der Waals surface area contributed by atoms with Gasteiger partial charge >= 0.3 is 0 Å². The molecular weight excluding hydrogens is 456 g/mol. The van der Waals surface area contributed by atoms with Gasteiger partial charge in [-0.3, -0.25) is 4.79 Å². The number of carbonyl (C=O) groups excluding carboxylic acids is 1. The fourth-order valence-electron chi connectivity index (χ4n) is 3.04. The number of rotatable bonds is 8. The molecule has 1 aliphatic rings. The molecule has 170 valence electrons. The van der Waals surface area contributed by atoms with Crippen LogP contribution in [0.25, 0.3) is 11.5 Å². The van der Waals surface area contributed by atoms with Gasteiger partial charge in [-0.05, 0) is 37.3 Å². The number of aromatic nitrogens is 2. The third-order valence-electron chi connectivity index (χ3n) is 4.76. The predicted molar refractivity (Wildman–Crippen MR) is 115 cm³/mol. The second-order valence-corrected chi connectivity index (χ2v) is 10.2. The first kappa shape index (κ1) is 22.5. The Balaban J connectivity index is 1.42. The molecule has 0 aliphatic carbocycles. The summed E-state index contributed by atoms with van der Waals surface area (Å²) in [7, 11) is -3.64. The third-order valence-corrected chi connectivity index (χ3v) is 7.59. The number of nitrogens with one attached hydrogen (secondary N) is 1. The molecular formula is C20H22N4O6S2. The first-order chi connectivity index (χ1) is 15.4. The van der Waals surface area contributed by atoms with E-state index in [0.717, 1.165) is 11.8 Å². The number of hydrogen-bond acceptors (Lipinski definition) is 9. The van der Waals surface area contributed by atoms with Crippen molar-refractivity contribution in [3.05, 3.63) is 48.4 Å². The molecule has 3 heterocycles. The van der Waals surface area contributed by atoms with Crippen LogP contribution in [0.2, 0.25) is 0 Å². The molecule has 0 unspecified atom stereocenters. The summed E-state index contributed by atoms with van der Waals surface area (Å²) in [6.45, 7) is 3.38.